The van der Waals surface area contributed by atoms with Crippen LogP contribution in [0, 0.1) is 0 Å². The van der Waals surface area contributed by atoms with Crippen molar-refractivity contribution in [2.45, 2.75) is 6.04 Å². The van der Waals surface area contributed by atoms with E-state index in [-0.39, 0.29) is 0 Å². The van der Waals surface area contributed by atoms with E-state index in [2.05, 4.69) is 51.2 Å². The topological polar surface area (TPSA) is 15.3 Å². The molecule has 0 radical (unpaired) electrons. The molecule has 0 aliphatic carbocycles. The Labute approximate surface area is 74.1 Å². The Morgan fingerprint density at radius 3 is 3.40 bits per heavy atom. The summed E-state index contributed by atoms with van der Waals surface area (Å²) in [6.07, 6.45) is 6.42. The van der Waals surface area contributed by atoms with E-state index in [0.717, 1.165) is 13.2 Å². The van der Waals surface area contributed by atoms with E-state index in [1.54, 1.807) is 0 Å². The number of nitrogens with one attached hydrogen (secondary N) is 1. The smallest absolute Gasteiger partial charge is 0.0731 e. The van der Waals surface area contributed by atoms with Gasteiger partial charge in [-0.1, -0.05) is 0 Å². The van der Waals surface area contributed by atoms with Gasteiger partial charge in [0.2, 0.25) is 0 Å². The summed E-state index contributed by atoms with van der Waals surface area (Å²) in [6, 6.07) is 0.616. The molecule has 0 aromatic carbocycles. The van der Waals surface area contributed by atoms with E-state index in [1.807, 2.05) is 0 Å². The molecule has 1 atom stereocenters. The van der Waals surface area contributed by atoms with Crippen LogP contribution in [0.3, 0.4) is 0 Å². The molecule has 1 unspecified atom stereocenters. The number of allylic oxidation sites excluding steroid dienone is 2. The highest BCUT2D eigenvalue weighted by molar-refractivity contribution is 14.1. The number of nitrogens with zero attached hydrogens (tertiary/aromatic N) is 1. The van der Waals surface area contributed by atoms with Crippen molar-refractivity contribution in [1.82, 2.24) is 10.2 Å². The molecule has 2 heterocycles. The Morgan fingerprint density at radius 1 is 1.70 bits per heavy atom. The first kappa shape index (κ1) is 6.67. The number of hydrogen-bond acceptors (Lipinski definition) is 2. The average Bonchev–Trinajstić information content (AvgIpc) is 2.36. The van der Waals surface area contributed by atoms with E-state index in [1.165, 1.54) is 3.58 Å². The standard InChI is InChI=1S/C7H9IN2/c8-6-2-1-3-10-5-9-4-7(6)10/h1-3,7,9H,4-5H2. The second-order valence-corrected chi connectivity index (χ2v) is 3.78. The van der Waals surface area contributed by atoms with Gasteiger partial charge in [-0.25, -0.2) is 0 Å². The lowest BCUT2D eigenvalue weighted by molar-refractivity contribution is 0.398. The van der Waals surface area contributed by atoms with Gasteiger partial charge in [0.05, 0.1) is 12.7 Å². The lowest BCUT2D eigenvalue weighted by Crippen LogP contribution is -2.27. The maximum absolute atomic E-state index is 3.32. The number of rotatable bonds is 0. The van der Waals surface area contributed by atoms with Crippen molar-refractivity contribution in [3.05, 3.63) is 21.9 Å². The quantitative estimate of drug-likeness (QED) is 0.645. The van der Waals surface area contributed by atoms with E-state index in [4.69, 9.17) is 0 Å². The highest BCUT2D eigenvalue weighted by Crippen LogP contribution is 2.23. The van der Waals surface area contributed by atoms with Crippen molar-refractivity contribution >= 4 is 22.6 Å². The van der Waals surface area contributed by atoms with Crippen molar-refractivity contribution in [1.29, 1.82) is 0 Å². The lowest BCUT2D eigenvalue weighted by Gasteiger charge is -2.23. The molecule has 54 valence electrons. The predicted octanol–water partition coefficient (Wildman–Crippen LogP) is 1.06. The fraction of sp³-hybridized carbons (Fsp3) is 0.429. The van der Waals surface area contributed by atoms with Crippen LogP contribution in [-0.2, 0) is 0 Å². The van der Waals surface area contributed by atoms with Gasteiger partial charge < -0.3 is 4.90 Å². The molecule has 0 amide bonds. The third kappa shape index (κ3) is 0.971. The van der Waals surface area contributed by atoms with Gasteiger partial charge in [0.1, 0.15) is 0 Å². The second-order valence-electron chi connectivity index (χ2n) is 2.54. The van der Waals surface area contributed by atoms with Crippen molar-refractivity contribution in [2.24, 2.45) is 0 Å². The van der Waals surface area contributed by atoms with Crippen LogP contribution in [0.5, 0.6) is 0 Å². The Kier molecular flexibility index (Phi) is 1.69. The Balaban J connectivity index is 2.24. The first-order valence-corrected chi connectivity index (χ1v) is 4.46. The summed E-state index contributed by atoms with van der Waals surface area (Å²) in [7, 11) is 0. The van der Waals surface area contributed by atoms with Gasteiger partial charge in [0.25, 0.3) is 0 Å². The molecule has 1 fully saturated rings. The average molecular weight is 248 g/mol. The molecule has 3 heteroatoms. The summed E-state index contributed by atoms with van der Waals surface area (Å²) in [4.78, 5) is 2.32. The summed E-state index contributed by atoms with van der Waals surface area (Å²) in [5.74, 6) is 0. The first-order valence-electron chi connectivity index (χ1n) is 3.38. The molecule has 0 aromatic rings. The third-order valence-corrected chi connectivity index (χ3v) is 2.96. The lowest BCUT2D eigenvalue weighted by atomic mass is 10.2. The van der Waals surface area contributed by atoms with E-state index < -0.39 is 0 Å². The Morgan fingerprint density at radius 2 is 2.60 bits per heavy atom. The van der Waals surface area contributed by atoms with Crippen LogP contribution in [0.15, 0.2) is 21.9 Å². The fourth-order valence-electron chi connectivity index (χ4n) is 1.33. The van der Waals surface area contributed by atoms with E-state index >= 15 is 0 Å². The zero-order valence-corrected chi connectivity index (χ0v) is 7.71. The summed E-state index contributed by atoms with van der Waals surface area (Å²) >= 11 is 2.40. The predicted molar refractivity (Wildman–Crippen MR) is 49.7 cm³/mol. The van der Waals surface area contributed by atoms with Gasteiger partial charge in [-0.05, 0) is 34.7 Å². The fourth-order valence-corrected chi connectivity index (χ4v) is 2.11. The minimum absolute atomic E-state index is 0.616. The van der Waals surface area contributed by atoms with Gasteiger partial charge in [-0.3, -0.25) is 5.32 Å². The van der Waals surface area contributed by atoms with Gasteiger partial charge >= 0.3 is 0 Å². The minimum Gasteiger partial charge on any atom is -0.356 e. The summed E-state index contributed by atoms with van der Waals surface area (Å²) in [6.45, 7) is 2.10. The van der Waals surface area contributed by atoms with Crippen LogP contribution >= 0.6 is 22.6 Å². The molecule has 10 heavy (non-hydrogen) atoms. The molecule has 0 saturated carbocycles. The zero-order chi connectivity index (χ0) is 6.97. The SMILES string of the molecule is IC1=CC=CN2CNCC12. The van der Waals surface area contributed by atoms with Crippen LogP contribution in [0.1, 0.15) is 0 Å². The van der Waals surface area contributed by atoms with Crippen molar-refractivity contribution in [2.75, 3.05) is 13.2 Å². The first-order chi connectivity index (χ1) is 4.88. The normalized spacial score (nSPS) is 30.3. The Bertz CT molecular complexity index is 198. The third-order valence-electron chi connectivity index (χ3n) is 1.88. The maximum Gasteiger partial charge on any atom is 0.0731 e. The molecule has 0 spiro atoms. The number of fused-ring (bicyclic) bond motifs is 1. The van der Waals surface area contributed by atoms with Crippen LogP contribution < -0.4 is 5.32 Å². The van der Waals surface area contributed by atoms with Crippen LogP contribution in [0.25, 0.3) is 0 Å². The van der Waals surface area contributed by atoms with Crippen molar-refractivity contribution in [3.8, 4) is 0 Å². The van der Waals surface area contributed by atoms with Gasteiger partial charge in [0.15, 0.2) is 0 Å². The van der Waals surface area contributed by atoms with Crippen LogP contribution in [0.4, 0.5) is 0 Å². The highest BCUT2D eigenvalue weighted by atomic mass is 127. The monoisotopic (exact) mass is 248 g/mol. The van der Waals surface area contributed by atoms with Crippen molar-refractivity contribution < 1.29 is 0 Å². The van der Waals surface area contributed by atoms with Crippen LogP contribution in [-0.4, -0.2) is 24.2 Å². The molecule has 2 aliphatic heterocycles. The highest BCUT2D eigenvalue weighted by Gasteiger charge is 2.24. The maximum atomic E-state index is 3.32. The molecule has 2 rings (SSSR count). The molecule has 0 bridgehead atoms. The van der Waals surface area contributed by atoms with Gasteiger partial charge in [-0.15, -0.1) is 0 Å². The largest absolute Gasteiger partial charge is 0.356 e. The zero-order valence-electron chi connectivity index (χ0n) is 5.55. The number of hydrogen-bond donors (Lipinski definition) is 1. The summed E-state index contributed by atoms with van der Waals surface area (Å²) in [5.41, 5.74) is 0. The van der Waals surface area contributed by atoms with E-state index in [9.17, 15) is 0 Å². The summed E-state index contributed by atoms with van der Waals surface area (Å²) < 4.78 is 1.44. The molecular formula is C7H9IN2. The molecule has 2 nitrogen and oxygen atoms in total. The summed E-state index contributed by atoms with van der Waals surface area (Å²) in [5, 5.41) is 3.32. The molecule has 1 saturated heterocycles. The molecular weight excluding hydrogens is 239 g/mol. The molecule has 2 aliphatic rings. The van der Waals surface area contributed by atoms with Crippen molar-refractivity contribution in [3.63, 3.8) is 0 Å². The van der Waals surface area contributed by atoms with Gasteiger partial charge in [-0.2, -0.15) is 0 Å². The van der Waals surface area contributed by atoms with Crippen LogP contribution in [0.2, 0.25) is 0 Å². The Hall–Kier alpha value is -0.0300. The molecule has 0 aromatic heterocycles. The molecule has 1 N–H and O–H groups in total. The van der Waals surface area contributed by atoms with Gasteiger partial charge in [0, 0.05) is 16.3 Å². The van der Waals surface area contributed by atoms with E-state index in [0.29, 0.717) is 6.04 Å². The number of halogens is 1. The minimum atomic E-state index is 0.616. The second kappa shape index (κ2) is 2.54.